The molecule has 0 N–H and O–H groups in total. The van der Waals surface area contributed by atoms with Gasteiger partial charge in [0.2, 0.25) is 0 Å². The minimum Gasteiger partial charge on any atom is -0.0756 e. The Morgan fingerprint density at radius 2 is 1.75 bits per heavy atom. The third-order valence-electron chi connectivity index (χ3n) is 4.01. The maximum atomic E-state index is 3.53. The minimum absolute atomic E-state index is 0.200. The Kier molecular flexibility index (Phi) is 2.67. The zero-order valence-electron chi connectivity index (χ0n) is 11.1. The van der Waals surface area contributed by atoms with Crippen LogP contribution in [0, 0.1) is 12.1 Å². The van der Waals surface area contributed by atoms with Crippen LogP contribution in [-0.2, 0) is 6.42 Å². The Balaban J connectivity index is 1.96. The highest BCUT2D eigenvalue weighted by molar-refractivity contribution is 5.86. The second kappa shape index (κ2) is 4.64. The van der Waals surface area contributed by atoms with E-state index in [1.807, 2.05) is 6.07 Å². The summed E-state index contributed by atoms with van der Waals surface area (Å²) in [5, 5.41) is 2.55. The van der Waals surface area contributed by atoms with Crippen molar-refractivity contribution < 1.29 is 0 Å². The molecule has 94 valence electrons. The summed E-state index contributed by atoms with van der Waals surface area (Å²) in [7, 11) is 0. The molecule has 0 bridgehead atoms. The third-order valence-corrected chi connectivity index (χ3v) is 4.01. The molecule has 0 amide bonds. The lowest BCUT2D eigenvalue weighted by Crippen LogP contribution is -2.07. The molecule has 0 heterocycles. The summed E-state index contributed by atoms with van der Waals surface area (Å²) in [4.78, 5) is 0. The second-order valence-electron chi connectivity index (χ2n) is 5.19. The smallest absolute Gasteiger partial charge is 0.0355 e. The molecule has 1 aliphatic rings. The molecular formula is C20H14. The summed E-state index contributed by atoms with van der Waals surface area (Å²) >= 11 is 0. The van der Waals surface area contributed by atoms with Crippen molar-refractivity contribution in [3.63, 3.8) is 0 Å². The monoisotopic (exact) mass is 254 g/mol. The molecule has 0 saturated heterocycles. The van der Waals surface area contributed by atoms with E-state index in [0.29, 0.717) is 0 Å². The first-order valence-electron chi connectivity index (χ1n) is 6.98. The van der Waals surface area contributed by atoms with Gasteiger partial charge >= 0.3 is 0 Å². The van der Waals surface area contributed by atoms with E-state index in [2.05, 4.69) is 72.8 Å². The number of hydrogen-bond donors (Lipinski definition) is 0. The van der Waals surface area contributed by atoms with E-state index in [1.165, 1.54) is 27.5 Å². The van der Waals surface area contributed by atoms with E-state index >= 15 is 0 Å². The van der Waals surface area contributed by atoms with Gasteiger partial charge in [-0.05, 0) is 46.0 Å². The molecule has 1 unspecified atom stereocenters. The fourth-order valence-electron chi connectivity index (χ4n) is 3.04. The maximum Gasteiger partial charge on any atom is 0.0355 e. The van der Waals surface area contributed by atoms with Crippen molar-refractivity contribution in [3.05, 3.63) is 95.6 Å². The zero-order valence-corrected chi connectivity index (χ0v) is 11.1. The summed E-state index contributed by atoms with van der Waals surface area (Å²) < 4.78 is 0. The molecule has 0 aliphatic heterocycles. The Morgan fingerprint density at radius 3 is 2.75 bits per heavy atom. The Labute approximate surface area is 119 Å². The molecule has 1 aliphatic carbocycles. The molecule has 3 aromatic rings. The maximum absolute atomic E-state index is 3.53. The van der Waals surface area contributed by atoms with Crippen LogP contribution in [0.5, 0.6) is 0 Å². The van der Waals surface area contributed by atoms with Gasteiger partial charge in [0.15, 0.2) is 0 Å². The van der Waals surface area contributed by atoms with Crippen LogP contribution in [-0.4, -0.2) is 0 Å². The summed E-state index contributed by atoms with van der Waals surface area (Å²) in [6.07, 6.45) is 6.67. The lowest BCUT2D eigenvalue weighted by Gasteiger charge is -2.22. The lowest BCUT2D eigenvalue weighted by atomic mass is 9.81. The number of hydrogen-bond acceptors (Lipinski definition) is 0. The highest BCUT2D eigenvalue weighted by atomic mass is 14.2. The Bertz CT molecular complexity index is 791. The number of allylic oxidation sites excluding steroid dienone is 2. The van der Waals surface area contributed by atoms with Crippen LogP contribution in [0.1, 0.15) is 22.6 Å². The van der Waals surface area contributed by atoms with Crippen molar-refractivity contribution in [1.82, 2.24) is 0 Å². The minimum atomic E-state index is 0.200. The summed E-state index contributed by atoms with van der Waals surface area (Å²) in [6, 6.07) is 24.8. The third kappa shape index (κ3) is 1.77. The van der Waals surface area contributed by atoms with Crippen LogP contribution in [0.3, 0.4) is 0 Å². The molecule has 4 rings (SSSR count). The van der Waals surface area contributed by atoms with Gasteiger partial charge < -0.3 is 0 Å². The Hall–Kier alpha value is -2.34. The van der Waals surface area contributed by atoms with Gasteiger partial charge in [-0.3, -0.25) is 0 Å². The first-order chi connectivity index (χ1) is 9.93. The standard InChI is InChI=1S/C20H14/c1-3-11-17-15(7-1)9-5-13-19(17)20-14-6-10-16-8-2-4-12-18(16)20/h1-9,11-12,20H,10H2. The Morgan fingerprint density at radius 1 is 0.900 bits per heavy atom. The molecule has 1 atom stereocenters. The van der Waals surface area contributed by atoms with Gasteiger partial charge in [-0.1, -0.05) is 66.7 Å². The number of benzene rings is 3. The highest BCUT2D eigenvalue weighted by Gasteiger charge is 2.19. The van der Waals surface area contributed by atoms with E-state index in [-0.39, 0.29) is 5.92 Å². The molecule has 0 heteroatoms. The van der Waals surface area contributed by atoms with Crippen molar-refractivity contribution in [2.75, 3.05) is 0 Å². The van der Waals surface area contributed by atoms with Crippen molar-refractivity contribution in [3.8, 4) is 0 Å². The number of rotatable bonds is 1. The topological polar surface area (TPSA) is 0 Å². The van der Waals surface area contributed by atoms with Crippen molar-refractivity contribution >= 4 is 10.8 Å². The largest absolute Gasteiger partial charge is 0.0756 e. The van der Waals surface area contributed by atoms with Gasteiger partial charge in [0.25, 0.3) is 0 Å². The molecule has 0 fully saturated rings. The molecule has 20 heavy (non-hydrogen) atoms. The first kappa shape index (κ1) is 11.5. The molecule has 3 aromatic carbocycles. The van der Waals surface area contributed by atoms with Crippen LogP contribution in [0.15, 0.2) is 66.7 Å². The number of fused-ring (bicyclic) bond motifs is 2. The molecular weight excluding hydrogens is 240 g/mol. The van der Waals surface area contributed by atoms with Gasteiger partial charge in [-0.25, -0.2) is 0 Å². The van der Waals surface area contributed by atoms with Crippen LogP contribution in [0.4, 0.5) is 0 Å². The van der Waals surface area contributed by atoms with Crippen LogP contribution in [0.25, 0.3) is 10.8 Å². The highest BCUT2D eigenvalue weighted by Crippen LogP contribution is 2.35. The van der Waals surface area contributed by atoms with E-state index in [0.717, 1.165) is 6.42 Å². The molecule has 0 spiro atoms. The van der Waals surface area contributed by atoms with E-state index in [4.69, 9.17) is 0 Å². The van der Waals surface area contributed by atoms with Crippen molar-refractivity contribution in [1.29, 1.82) is 0 Å². The predicted molar refractivity (Wildman–Crippen MR) is 82.6 cm³/mol. The van der Waals surface area contributed by atoms with Crippen molar-refractivity contribution in [2.24, 2.45) is 0 Å². The molecule has 0 nitrogen and oxygen atoms in total. The molecule has 2 radical (unpaired) electrons. The summed E-state index contributed by atoms with van der Waals surface area (Å²) in [6.45, 7) is 0. The predicted octanol–water partition coefficient (Wildman–Crippen LogP) is 4.69. The average Bonchev–Trinajstić information content (AvgIpc) is 2.54. The molecule has 0 aromatic heterocycles. The molecule has 0 saturated carbocycles. The summed E-state index contributed by atoms with van der Waals surface area (Å²) in [5.41, 5.74) is 3.99. The van der Waals surface area contributed by atoms with Gasteiger partial charge in [-0.2, -0.15) is 0 Å². The van der Waals surface area contributed by atoms with Crippen LogP contribution >= 0.6 is 0 Å². The van der Waals surface area contributed by atoms with Crippen LogP contribution < -0.4 is 0 Å². The van der Waals surface area contributed by atoms with Crippen LogP contribution in [0.2, 0.25) is 0 Å². The van der Waals surface area contributed by atoms with Gasteiger partial charge in [-0.15, -0.1) is 0 Å². The normalized spacial score (nSPS) is 17.1. The quantitative estimate of drug-likeness (QED) is 0.591. The van der Waals surface area contributed by atoms with E-state index < -0.39 is 0 Å². The average molecular weight is 254 g/mol. The van der Waals surface area contributed by atoms with E-state index in [1.54, 1.807) is 0 Å². The SMILES string of the molecule is [C]1=CCc2ccccc2C1c1[c]ccc2ccccc12. The lowest BCUT2D eigenvalue weighted by molar-refractivity contribution is 0.934. The fraction of sp³-hybridized carbons (Fsp3) is 0.100. The van der Waals surface area contributed by atoms with Gasteiger partial charge in [0.05, 0.1) is 0 Å². The van der Waals surface area contributed by atoms with Crippen molar-refractivity contribution in [2.45, 2.75) is 12.3 Å². The first-order valence-corrected chi connectivity index (χ1v) is 6.98. The van der Waals surface area contributed by atoms with Gasteiger partial charge in [0, 0.05) is 5.92 Å². The van der Waals surface area contributed by atoms with Gasteiger partial charge in [0.1, 0.15) is 0 Å². The second-order valence-corrected chi connectivity index (χ2v) is 5.19. The summed E-state index contributed by atoms with van der Waals surface area (Å²) in [5.74, 6) is 0.200. The van der Waals surface area contributed by atoms with E-state index in [9.17, 15) is 0 Å². The zero-order chi connectivity index (χ0) is 13.4. The fourth-order valence-corrected chi connectivity index (χ4v) is 3.04.